The van der Waals surface area contributed by atoms with Gasteiger partial charge in [-0.1, -0.05) is 0 Å². The predicted molar refractivity (Wildman–Crippen MR) is 51.4 cm³/mol. The van der Waals surface area contributed by atoms with E-state index in [-0.39, 0.29) is 12.5 Å². The van der Waals surface area contributed by atoms with Crippen LogP contribution < -0.4 is 5.73 Å². The van der Waals surface area contributed by atoms with Crippen molar-refractivity contribution in [3.8, 4) is 0 Å². The number of nitrogens with zero attached hydrogens (tertiary/aromatic N) is 1. The summed E-state index contributed by atoms with van der Waals surface area (Å²) in [5, 5.41) is 0. The largest absolute Gasteiger partial charge is 0.328 e. The molecule has 2 fully saturated rings. The molecule has 0 radical (unpaired) electrons. The molecule has 1 aliphatic carbocycles. The fraction of sp³-hybridized carbons (Fsp3) is 1.00. The number of piperidine rings is 1. The SMILES string of the molecule is NC1CCN(C2CCCC2(F)F)CC1. The van der Waals surface area contributed by atoms with Crippen molar-refractivity contribution in [2.24, 2.45) is 5.73 Å². The molecule has 1 unspecified atom stereocenters. The topological polar surface area (TPSA) is 29.3 Å². The molecule has 1 aliphatic heterocycles. The van der Waals surface area contributed by atoms with Crippen molar-refractivity contribution in [1.82, 2.24) is 4.90 Å². The lowest BCUT2D eigenvalue weighted by Crippen LogP contribution is -2.50. The van der Waals surface area contributed by atoms with Gasteiger partial charge in [-0.15, -0.1) is 0 Å². The minimum atomic E-state index is -2.46. The number of likely N-dealkylation sites (tertiary alicyclic amines) is 1. The van der Waals surface area contributed by atoms with Crippen molar-refractivity contribution in [1.29, 1.82) is 0 Å². The van der Waals surface area contributed by atoms with Gasteiger partial charge in [0.2, 0.25) is 0 Å². The molecule has 0 aromatic carbocycles. The van der Waals surface area contributed by atoms with Crippen LogP contribution in [0.4, 0.5) is 8.78 Å². The second-order valence-corrected chi connectivity index (χ2v) is 4.54. The van der Waals surface area contributed by atoms with E-state index in [1.54, 1.807) is 0 Å². The Hall–Kier alpha value is -0.220. The number of alkyl halides is 2. The summed E-state index contributed by atoms with van der Waals surface area (Å²) in [6, 6.07) is -0.281. The maximum atomic E-state index is 13.4. The van der Waals surface area contributed by atoms with Crippen LogP contribution in [0.5, 0.6) is 0 Å². The zero-order chi connectivity index (χ0) is 10.2. The molecule has 1 atom stereocenters. The van der Waals surface area contributed by atoms with E-state index in [9.17, 15) is 8.78 Å². The van der Waals surface area contributed by atoms with Crippen LogP contribution in [0.2, 0.25) is 0 Å². The van der Waals surface area contributed by atoms with Gasteiger partial charge < -0.3 is 5.73 Å². The quantitative estimate of drug-likeness (QED) is 0.703. The Balaban J connectivity index is 1.95. The van der Waals surface area contributed by atoms with Crippen molar-refractivity contribution < 1.29 is 8.78 Å². The third kappa shape index (κ3) is 1.91. The Kier molecular flexibility index (Phi) is 2.75. The maximum absolute atomic E-state index is 13.4. The second kappa shape index (κ2) is 3.74. The standard InChI is InChI=1S/C10H18F2N2/c11-10(12)5-1-2-9(10)14-6-3-8(13)4-7-14/h8-9H,1-7,13H2. The molecule has 14 heavy (non-hydrogen) atoms. The van der Waals surface area contributed by atoms with Crippen LogP contribution in [0.1, 0.15) is 32.1 Å². The predicted octanol–water partition coefficient (Wildman–Crippen LogP) is 1.60. The summed E-state index contributed by atoms with van der Waals surface area (Å²) in [6.45, 7) is 1.50. The van der Waals surface area contributed by atoms with Gasteiger partial charge in [0.25, 0.3) is 5.92 Å². The van der Waals surface area contributed by atoms with Gasteiger partial charge in [0.05, 0.1) is 6.04 Å². The molecule has 0 amide bonds. The normalized spacial score (nSPS) is 34.9. The maximum Gasteiger partial charge on any atom is 0.263 e. The first-order valence-electron chi connectivity index (χ1n) is 5.47. The Morgan fingerprint density at radius 2 is 1.79 bits per heavy atom. The summed E-state index contributed by atoms with van der Waals surface area (Å²) in [4.78, 5) is 1.94. The second-order valence-electron chi connectivity index (χ2n) is 4.54. The van der Waals surface area contributed by atoms with Crippen molar-refractivity contribution in [2.75, 3.05) is 13.1 Å². The van der Waals surface area contributed by atoms with Crippen LogP contribution in [0.15, 0.2) is 0 Å². The lowest BCUT2D eigenvalue weighted by molar-refractivity contribution is -0.0667. The Labute approximate surface area is 83.4 Å². The lowest BCUT2D eigenvalue weighted by Gasteiger charge is -2.37. The first-order chi connectivity index (χ1) is 6.59. The van der Waals surface area contributed by atoms with E-state index in [1.807, 2.05) is 4.90 Å². The summed E-state index contributed by atoms with van der Waals surface area (Å²) in [6.07, 6.45) is 3.13. The van der Waals surface area contributed by atoms with E-state index in [2.05, 4.69) is 0 Å². The van der Waals surface area contributed by atoms with Gasteiger partial charge in [-0.3, -0.25) is 4.90 Å². The molecule has 4 heteroatoms. The molecule has 1 saturated heterocycles. The smallest absolute Gasteiger partial charge is 0.263 e. The van der Waals surface area contributed by atoms with Crippen LogP contribution in [-0.2, 0) is 0 Å². The van der Waals surface area contributed by atoms with Crippen LogP contribution >= 0.6 is 0 Å². The minimum absolute atomic E-state index is 0.0697. The Morgan fingerprint density at radius 3 is 2.29 bits per heavy atom. The fourth-order valence-corrected chi connectivity index (χ4v) is 2.59. The van der Waals surface area contributed by atoms with E-state index >= 15 is 0 Å². The highest BCUT2D eigenvalue weighted by Crippen LogP contribution is 2.39. The molecule has 2 N–H and O–H groups in total. The average molecular weight is 204 g/mol. The molecule has 2 aliphatic rings. The van der Waals surface area contributed by atoms with Gasteiger partial charge in [0.15, 0.2) is 0 Å². The van der Waals surface area contributed by atoms with Crippen molar-refractivity contribution in [2.45, 2.75) is 50.1 Å². The highest BCUT2D eigenvalue weighted by Gasteiger charge is 2.47. The van der Waals surface area contributed by atoms with Crippen LogP contribution in [0, 0.1) is 0 Å². The number of nitrogens with two attached hydrogens (primary N) is 1. The van der Waals surface area contributed by atoms with Gasteiger partial charge in [-0.25, -0.2) is 8.78 Å². The Morgan fingerprint density at radius 1 is 1.14 bits per heavy atom. The highest BCUT2D eigenvalue weighted by molar-refractivity contribution is 4.93. The number of rotatable bonds is 1. The summed E-state index contributed by atoms with van der Waals surface area (Å²) < 4.78 is 26.8. The summed E-state index contributed by atoms with van der Waals surface area (Å²) in [5.74, 6) is -2.46. The monoisotopic (exact) mass is 204 g/mol. The van der Waals surface area contributed by atoms with Crippen LogP contribution in [0.3, 0.4) is 0 Å². The molecular weight excluding hydrogens is 186 g/mol. The van der Waals surface area contributed by atoms with Crippen molar-refractivity contribution in [3.05, 3.63) is 0 Å². The van der Waals surface area contributed by atoms with Gasteiger partial charge in [-0.2, -0.15) is 0 Å². The first-order valence-corrected chi connectivity index (χ1v) is 5.47. The molecule has 1 heterocycles. The van der Waals surface area contributed by atoms with Crippen LogP contribution in [-0.4, -0.2) is 36.0 Å². The van der Waals surface area contributed by atoms with Crippen molar-refractivity contribution >= 4 is 0 Å². The van der Waals surface area contributed by atoms with Gasteiger partial charge >= 0.3 is 0 Å². The van der Waals surface area contributed by atoms with Gasteiger partial charge in [0.1, 0.15) is 0 Å². The zero-order valence-electron chi connectivity index (χ0n) is 8.38. The molecule has 0 bridgehead atoms. The third-order valence-corrected chi connectivity index (χ3v) is 3.49. The molecule has 2 nitrogen and oxygen atoms in total. The number of hydrogen-bond donors (Lipinski definition) is 1. The number of halogens is 2. The molecule has 82 valence electrons. The highest BCUT2D eigenvalue weighted by atomic mass is 19.3. The zero-order valence-corrected chi connectivity index (χ0v) is 8.38. The average Bonchev–Trinajstić information content (AvgIpc) is 2.47. The van der Waals surface area contributed by atoms with E-state index in [0.29, 0.717) is 12.8 Å². The molecule has 0 aromatic heterocycles. The molecule has 2 rings (SSSR count). The number of hydrogen-bond acceptors (Lipinski definition) is 2. The van der Waals surface area contributed by atoms with Crippen molar-refractivity contribution in [3.63, 3.8) is 0 Å². The fourth-order valence-electron chi connectivity index (χ4n) is 2.59. The van der Waals surface area contributed by atoms with E-state index in [1.165, 1.54) is 0 Å². The summed E-state index contributed by atoms with van der Waals surface area (Å²) in [7, 11) is 0. The van der Waals surface area contributed by atoms with Gasteiger partial charge in [-0.05, 0) is 25.7 Å². The molecular formula is C10H18F2N2. The van der Waals surface area contributed by atoms with E-state index in [4.69, 9.17) is 5.73 Å². The summed E-state index contributed by atoms with van der Waals surface area (Å²) >= 11 is 0. The summed E-state index contributed by atoms with van der Waals surface area (Å²) in [5.41, 5.74) is 5.75. The van der Waals surface area contributed by atoms with E-state index in [0.717, 1.165) is 25.9 Å². The van der Waals surface area contributed by atoms with Crippen LogP contribution in [0.25, 0.3) is 0 Å². The molecule has 1 saturated carbocycles. The lowest BCUT2D eigenvalue weighted by atomic mass is 10.0. The Bertz CT molecular complexity index is 200. The van der Waals surface area contributed by atoms with E-state index < -0.39 is 12.0 Å². The molecule has 0 aromatic rings. The van der Waals surface area contributed by atoms with Gasteiger partial charge in [0, 0.05) is 25.6 Å². The third-order valence-electron chi connectivity index (χ3n) is 3.49. The first kappa shape index (κ1) is 10.3. The minimum Gasteiger partial charge on any atom is -0.328 e. The molecule has 0 spiro atoms.